The van der Waals surface area contributed by atoms with Gasteiger partial charge in [0.05, 0.1) is 5.56 Å². The molecule has 124 valence electrons. The van der Waals surface area contributed by atoms with Crippen LogP contribution in [-0.4, -0.2) is 17.0 Å². The molecule has 2 aromatic rings. The molecule has 2 rings (SSSR count). The number of allylic oxidation sites excluding steroid dienone is 2. The standard InChI is InChI=1S/C19H13BrN2O3/c20-16(10-13-4-2-1-3-5-13)11-15(12-21)18(23)22-17-8-6-14(7-9-17)19(24)25/h1-11H,(H,22,23)(H,24,25)/b15-11+,16-10-. The molecule has 5 nitrogen and oxygen atoms in total. The first-order valence-corrected chi connectivity index (χ1v) is 7.97. The Kier molecular flexibility index (Phi) is 6.26. The van der Waals surface area contributed by atoms with Gasteiger partial charge in [0.1, 0.15) is 11.6 Å². The van der Waals surface area contributed by atoms with E-state index in [1.165, 1.54) is 30.3 Å². The summed E-state index contributed by atoms with van der Waals surface area (Å²) in [6, 6.07) is 17.0. The van der Waals surface area contributed by atoms with Gasteiger partial charge in [0, 0.05) is 10.2 Å². The Hall–Kier alpha value is -3.17. The quantitative estimate of drug-likeness (QED) is 0.449. The summed E-state index contributed by atoms with van der Waals surface area (Å²) in [6.07, 6.45) is 3.21. The minimum Gasteiger partial charge on any atom is -0.478 e. The Morgan fingerprint density at radius 1 is 1.08 bits per heavy atom. The smallest absolute Gasteiger partial charge is 0.335 e. The Labute approximate surface area is 153 Å². The van der Waals surface area contributed by atoms with Gasteiger partial charge >= 0.3 is 5.97 Å². The van der Waals surface area contributed by atoms with E-state index in [1.54, 1.807) is 6.08 Å². The fourth-order valence-electron chi connectivity index (χ4n) is 1.93. The third-order valence-corrected chi connectivity index (χ3v) is 3.60. The number of rotatable bonds is 5. The number of amides is 1. The summed E-state index contributed by atoms with van der Waals surface area (Å²) in [5, 5.41) is 20.6. The number of nitrogens with one attached hydrogen (secondary N) is 1. The van der Waals surface area contributed by atoms with Gasteiger partial charge in [-0.3, -0.25) is 4.79 Å². The Bertz CT molecular complexity index is 879. The van der Waals surface area contributed by atoms with Crippen molar-refractivity contribution < 1.29 is 14.7 Å². The van der Waals surface area contributed by atoms with Crippen LogP contribution in [0.3, 0.4) is 0 Å². The van der Waals surface area contributed by atoms with Gasteiger partial charge in [0.2, 0.25) is 0 Å². The summed E-state index contributed by atoms with van der Waals surface area (Å²) in [4.78, 5) is 23.0. The lowest BCUT2D eigenvalue weighted by Crippen LogP contribution is -2.13. The van der Waals surface area contributed by atoms with E-state index in [-0.39, 0.29) is 11.1 Å². The lowest BCUT2D eigenvalue weighted by Gasteiger charge is -2.04. The van der Waals surface area contributed by atoms with Crippen LogP contribution < -0.4 is 5.32 Å². The van der Waals surface area contributed by atoms with Crippen LogP contribution in [0.4, 0.5) is 5.69 Å². The molecule has 0 saturated carbocycles. The van der Waals surface area contributed by atoms with Crippen LogP contribution in [0.1, 0.15) is 15.9 Å². The number of carbonyl (C=O) groups excluding carboxylic acids is 1. The van der Waals surface area contributed by atoms with Crippen molar-refractivity contribution in [1.82, 2.24) is 0 Å². The van der Waals surface area contributed by atoms with Crippen molar-refractivity contribution in [3.8, 4) is 6.07 Å². The summed E-state index contributed by atoms with van der Waals surface area (Å²) in [5.41, 5.74) is 1.36. The van der Waals surface area contributed by atoms with Gasteiger partial charge in [-0.05, 0) is 42.0 Å². The van der Waals surface area contributed by atoms with Gasteiger partial charge in [-0.25, -0.2) is 4.79 Å². The number of carboxylic acid groups (broad SMARTS) is 1. The van der Waals surface area contributed by atoms with Gasteiger partial charge in [0.25, 0.3) is 5.91 Å². The molecule has 0 radical (unpaired) electrons. The highest BCUT2D eigenvalue weighted by atomic mass is 79.9. The van der Waals surface area contributed by atoms with Crippen molar-refractivity contribution in [3.63, 3.8) is 0 Å². The van der Waals surface area contributed by atoms with Crippen LogP contribution in [0.5, 0.6) is 0 Å². The highest BCUT2D eigenvalue weighted by Gasteiger charge is 2.10. The number of carbonyl (C=O) groups is 2. The molecule has 2 aromatic carbocycles. The van der Waals surface area contributed by atoms with E-state index in [4.69, 9.17) is 5.11 Å². The Morgan fingerprint density at radius 3 is 2.28 bits per heavy atom. The lowest BCUT2D eigenvalue weighted by molar-refractivity contribution is -0.112. The molecule has 0 heterocycles. The molecule has 0 aromatic heterocycles. The van der Waals surface area contributed by atoms with E-state index < -0.39 is 11.9 Å². The number of anilines is 1. The highest BCUT2D eigenvalue weighted by molar-refractivity contribution is 9.12. The molecule has 0 spiro atoms. The molecule has 0 aliphatic rings. The van der Waals surface area contributed by atoms with Crippen molar-refractivity contribution in [1.29, 1.82) is 5.26 Å². The SMILES string of the molecule is N#C/C(=C\C(Br)=C\c1ccccc1)C(=O)Nc1ccc(C(=O)O)cc1. The van der Waals surface area contributed by atoms with Crippen LogP contribution in [-0.2, 0) is 4.79 Å². The van der Waals surface area contributed by atoms with E-state index in [2.05, 4.69) is 21.2 Å². The number of nitriles is 1. The summed E-state index contributed by atoms with van der Waals surface area (Å²) >= 11 is 3.32. The maximum Gasteiger partial charge on any atom is 0.335 e. The fraction of sp³-hybridized carbons (Fsp3) is 0. The predicted octanol–water partition coefficient (Wildman–Crippen LogP) is 4.21. The first kappa shape index (κ1) is 18.2. The summed E-state index contributed by atoms with van der Waals surface area (Å²) in [6.45, 7) is 0. The van der Waals surface area contributed by atoms with Crippen LogP contribution in [0.2, 0.25) is 0 Å². The summed E-state index contributed by atoms with van der Waals surface area (Å²) in [5.74, 6) is -1.63. The summed E-state index contributed by atoms with van der Waals surface area (Å²) in [7, 11) is 0. The average Bonchev–Trinajstić information content (AvgIpc) is 2.61. The molecule has 1 amide bonds. The molecule has 6 heteroatoms. The summed E-state index contributed by atoms with van der Waals surface area (Å²) < 4.78 is 0.576. The molecule has 0 aliphatic carbocycles. The molecule has 0 atom stereocenters. The molecule has 0 bridgehead atoms. The molecule has 0 unspecified atom stereocenters. The second-order valence-electron chi connectivity index (χ2n) is 4.95. The van der Waals surface area contributed by atoms with Gasteiger partial charge in [0.15, 0.2) is 0 Å². The number of halogens is 1. The van der Waals surface area contributed by atoms with E-state index in [9.17, 15) is 14.9 Å². The fourth-order valence-corrected chi connectivity index (χ4v) is 2.42. The van der Waals surface area contributed by atoms with Gasteiger partial charge in [-0.1, -0.05) is 46.3 Å². The van der Waals surface area contributed by atoms with Gasteiger partial charge in [-0.2, -0.15) is 5.26 Å². The van der Waals surface area contributed by atoms with E-state index in [1.807, 2.05) is 36.4 Å². The van der Waals surface area contributed by atoms with Gasteiger partial charge in [-0.15, -0.1) is 0 Å². The number of carboxylic acids is 1. The second-order valence-corrected chi connectivity index (χ2v) is 5.86. The Morgan fingerprint density at radius 2 is 1.72 bits per heavy atom. The van der Waals surface area contributed by atoms with Crippen LogP contribution in [0.15, 0.2) is 70.7 Å². The maximum atomic E-state index is 12.2. The monoisotopic (exact) mass is 396 g/mol. The van der Waals surface area contributed by atoms with Crippen LogP contribution >= 0.6 is 15.9 Å². The molecule has 2 N–H and O–H groups in total. The average molecular weight is 397 g/mol. The third-order valence-electron chi connectivity index (χ3n) is 3.14. The minimum atomic E-state index is -1.05. The number of hydrogen-bond acceptors (Lipinski definition) is 3. The normalized spacial score (nSPS) is 11.5. The van der Waals surface area contributed by atoms with Crippen molar-refractivity contribution >= 4 is 39.6 Å². The zero-order chi connectivity index (χ0) is 18.2. The molecule has 0 fully saturated rings. The van der Waals surface area contributed by atoms with Gasteiger partial charge < -0.3 is 10.4 Å². The minimum absolute atomic E-state index is 0.0821. The number of hydrogen-bond donors (Lipinski definition) is 2. The predicted molar refractivity (Wildman–Crippen MR) is 99.1 cm³/mol. The maximum absolute atomic E-state index is 12.2. The first-order chi connectivity index (χ1) is 12.0. The topological polar surface area (TPSA) is 90.2 Å². The highest BCUT2D eigenvalue weighted by Crippen LogP contribution is 2.17. The molecule has 0 saturated heterocycles. The number of benzene rings is 2. The zero-order valence-electron chi connectivity index (χ0n) is 12.9. The largest absolute Gasteiger partial charge is 0.478 e. The van der Waals surface area contributed by atoms with Crippen molar-refractivity contribution in [2.75, 3.05) is 5.32 Å². The second kappa shape index (κ2) is 8.62. The molecule has 0 aliphatic heterocycles. The first-order valence-electron chi connectivity index (χ1n) is 7.18. The van der Waals surface area contributed by atoms with Crippen molar-refractivity contribution in [3.05, 3.63) is 81.9 Å². The van der Waals surface area contributed by atoms with E-state index in [0.29, 0.717) is 10.2 Å². The zero-order valence-corrected chi connectivity index (χ0v) is 14.5. The van der Waals surface area contributed by atoms with Crippen LogP contribution in [0.25, 0.3) is 6.08 Å². The lowest BCUT2D eigenvalue weighted by atomic mass is 10.1. The Balaban J connectivity index is 2.14. The third kappa shape index (κ3) is 5.44. The van der Waals surface area contributed by atoms with Crippen molar-refractivity contribution in [2.24, 2.45) is 0 Å². The van der Waals surface area contributed by atoms with E-state index in [0.717, 1.165) is 5.56 Å². The molecular weight excluding hydrogens is 384 g/mol. The van der Waals surface area contributed by atoms with Crippen LogP contribution in [0, 0.1) is 11.3 Å². The number of aromatic carboxylic acids is 1. The molecule has 25 heavy (non-hydrogen) atoms. The number of nitrogens with zero attached hydrogens (tertiary/aromatic N) is 1. The molecular formula is C19H13BrN2O3. The van der Waals surface area contributed by atoms with E-state index >= 15 is 0 Å². The van der Waals surface area contributed by atoms with Crippen molar-refractivity contribution in [2.45, 2.75) is 0 Å².